The lowest BCUT2D eigenvalue weighted by molar-refractivity contribution is -0.385. The van der Waals surface area contributed by atoms with Crippen molar-refractivity contribution in [3.05, 3.63) is 33.9 Å². The zero-order chi connectivity index (χ0) is 14.7. The van der Waals surface area contributed by atoms with Crippen LogP contribution in [-0.2, 0) is 0 Å². The van der Waals surface area contributed by atoms with Gasteiger partial charge in [0.2, 0.25) is 0 Å². The third-order valence-corrected chi connectivity index (χ3v) is 3.37. The van der Waals surface area contributed by atoms with E-state index in [-0.39, 0.29) is 17.3 Å². The van der Waals surface area contributed by atoms with Gasteiger partial charge in [-0.2, -0.15) is 0 Å². The number of rotatable bonds is 6. The van der Waals surface area contributed by atoms with Gasteiger partial charge >= 0.3 is 0 Å². The Morgan fingerprint density at radius 1 is 1.60 bits per heavy atom. The van der Waals surface area contributed by atoms with Crippen LogP contribution in [0, 0.1) is 16.0 Å². The smallest absolute Gasteiger partial charge is 0.282 e. The van der Waals surface area contributed by atoms with Crippen LogP contribution in [0.4, 0.5) is 5.69 Å². The van der Waals surface area contributed by atoms with Crippen molar-refractivity contribution in [2.24, 2.45) is 11.7 Å². The quantitative estimate of drug-likeness (QED) is 0.598. The molecule has 0 spiro atoms. The lowest BCUT2D eigenvalue weighted by atomic mass is 10.1. The van der Waals surface area contributed by atoms with Crippen molar-refractivity contribution < 1.29 is 14.5 Å². The monoisotopic (exact) mass is 279 g/mol. The van der Waals surface area contributed by atoms with Crippen LogP contribution in [0.5, 0.6) is 5.75 Å². The summed E-state index contributed by atoms with van der Waals surface area (Å²) in [6.07, 6.45) is 2.16. The molecule has 1 aliphatic carbocycles. The predicted molar refractivity (Wildman–Crippen MR) is 72.7 cm³/mol. The number of hydrogen-bond donors (Lipinski definition) is 2. The van der Waals surface area contributed by atoms with Gasteiger partial charge in [-0.05, 0) is 30.9 Å². The van der Waals surface area contributed by atoms with Crippen LogP contribution < -0.4 is 15.8 Å². The third kappa shape index (κ3) is 3.24. The number of amides is 1. The van der Waals surface area contributed by atoms with Gasteiger partial charge in [-0.3, -0.25) is 14.9 Å². The maximum atomic E-state index is 12.1. The van der Waals surface area contributed by atoms with Gasteiger partial charge in [0.1, 0.15) is 11.3 Å². The first kappa shape index (κ1) is 14.3. The molecule has 1 aromatic carbocycles. The number of nitro benzene ring substituents is 1. The maximum Gasteiger partial charge on any atom is 0.282 e. The molecular formula is C13H17N3O4. The number of nitro groups is 1. The molecule has 20 heavy (non-hydrogen) atoms. The van der Waals surface area contributed by atoms with Crippen LogP contribution in [-0.4, -0.2) is 30.5 Å². The normalized spacial score (nSPS) is 15.5. The van der Waals surface area contributed by atoms with E-state index in [0.29, 0.717) is 18.2 Å². The second kappa shape index (κ2) is 5.87. The summed E-state index contributed by atoms with van der Waals surface area (Å²) in [5.41, 5.74) is 5.62. The van der Waals surface area contributed by atoms with E-state index in [2.05, 4.69) is 5.32 Å². The molecule has 1 fully saturated rings. The topological polar surface area (TPSA) is 107 Å². The van der Waals surface area contributed by atoms with E-state index in [9.17, 15) is 14.9 Å². The Kier molecular flexibility index (Phi) is 4.19. The van der Waals surface area contributed by atoms with Crippen molar-refractivity contribution >= 4 is 11.6 Å². The Morgan fingerprint density at radius 3 is 2.85 bits per heavy atom. The summed E-state index contributed by atoms with van der Waals surface area (Å²) in [5, 5.41) is 13.6. The summed E-state index contributed by atoms with van der Waals surface area (Å²) in [6, 6.07) is 3.97. The SMILES string of the molecule is COc1ccc([N+](=O)[O-])c(C(=O)NCC(N)C2CC2)c1. The molecule has 1 amide bonds. The van der Waals surface area contributed by atoms with Gasteiger partial charge in [0.05, 0.1) is 12.0 Å². The van der Waals surface area contributed by atoms with E-state index in [4.69, 9.17) is 10.5 Å². The van der Waals surface area contributed by atoms with Gasteiger partial charge in [-0.1, -0.05) is 0 Å². The van der Waals surface area contributed by atoms with Gasteiger partial charge in [-0.25, -0.2) is 0 Å². The molecule has 1 aliphatic rings. The van der Waals surface area contributed by atoms with Crippen LogP contribution in [0.2, 0.25) is 0 Å². The van der Waals surface area contributed by atoms with Gasteiger partial charge in [0.15, 0.2) is 0 Å². The number of hydrogen-bond acceptors (Lipinski definition) is 5. The standard InChI is InChI=1S/C13H17N3O4/c1-20-9-4-5-12(16(18)19)10(6-9)13(17)15-7-11(14)8-2-3-8/h4-6,8,11H,2-3,7,14H2,1H3,(H,15,17). The second-order valence-electron chi connectivity index (χ2n) is 4.85. The highest BCUT2D eigenvalue weighted by molar-refractivity contribution is 5.98. The molecule has 0 heterocycles. The largest absolute Gasteiger partial charge is 0.497 e. The van der Waals surface area contributed by atoms with E-state index in [1.165, 1.54) is 25.3 Å². The van der Waals surface area contributed by atoms with Crippen molar-refractivity contribution in [3.63, 3.8) is 0 Å². The number of nitrogens with zero attached hydrogens (tertiary/aromatic N) is 1. The minimum atomic E-state index is -0.588. The predicted octanol–water partition coefficient (Wildman–Crippen LogP) is 1.07. The number of nitrogens with two attached hydrogens (primary N) is 1. The van der Waals surface area contributed by atoms with Gasteiger partial charge < -0.3 is 15.8 Å². The Hall–Kier alpha value is -2.15. The first-order valence-corrected chi connectivity index (χ1v) is 6.39. The van der Waals surface area contributed by atoms with Crippen LogP contribution in [0.3, 0.4) is 0 Å². The number of nitrogens with one attached hydrogen (secondary N) is 1. The maximum absolute atomic E-state index is 12.1. The number of methoxy groups -OCH3 is 1. The minimum absolute atomic E-state index is 0.0163. The second-order valence-corrected chi connectivity index (χ2v) is 4.85. The van der Waals surface area contributed by atoms with Crippen molar-refractivity contribution in [3.8, 4) is 5.75 Å². The number of carbonyl (C=O) groups excluding carboxylic acids is 1. The summed E-state index contributed by atoms with van der Waals surface area (Å²) in [4.78, 5) is 22.4. The molecule has 7 heteroatoms. The Morgan fingerprint density at radius 2 is 2.30 bits per heavy atom. The lowest BCUT2D eigenvalue weighted by Gasteiger charge is -2.12. The van der Waals surface area contributed by atoms with Gasteiger partial charge in [-0.15, -0.1) is 0 Å². The van der Waals surface area contributed by atoms with E-state index >= 15 is 0 Å². The first-order valence-electron chi connectivity index (χ1n) is 6.39. The van der Waals surface area contributed by atoms with Crippen molar-refractivity contribution in [1.82, 2.24) is 5.32 Å². The molecule has 0 aliphatic heterocycles. The molecular weight excluding hydrogens is 262 g/mol. The Bertz CT molecular complexity index is 528. The highest BCUT2D eigenvalue weighted by Gasteiger charge is 2.29. The molecule has 2 rings (SSSR count). The molecule has 0 bridgehead atoms. The number of carbonyl (C=O) groups is 1. The van der Waals surface area contributed by atoms with Crippen LogP contribution in [0.15, 0.2) is 18.2 Å². The molecule has 3 N–H and O–H groups in total. The summed E-state index contributed by atoms with van der Waals surface area (Å²) in [6.45, 7) is 0.317. The van der Waals surface area contributed by atoms with Crippen LogP contribution in [0.25, 0.3) is 0 Å². The highest BCUT2D eigenvalue weighted by Crippen LogP contribution is 2.31. The van der Waals surface area contributed by atoms with Crippen molar-refractivity contribution in [2.45, 2.75) is 18.9 Å². The van der Waals surface area contributed by atoms with E-state index in [1.807, 2.05) is 0 Å². The number of benzene rings is 1. The minimum Gasteiger partial charge on any atom is -0.497 e. The fourth-order valence-corrected chi connectivity index (χ4v) is 1.98. The van der Waals surface area contributed by atoms with E-state index in [1.54, 1.807) is 0 Å². The summed E-state index contributed by atoms with van der Waals surface area (Å²) < 4.78 is 4.99. The summed E-state index contributed by atoms with van der Waals surface area (Å²) in [5.74, 6) is 0.342. The Balaban J connectivity index is 2.11. The molecule has 7 nitrogen and oxygen atoms in total. The Labute approximate surface area is 116 Å². The molecule has 1 aromatic rings. The van der Waals surface area contributed by atoms with Crippen molar-refractivity contribution in [2.75, 3.05) is 13.7 Å². The van der Waals surface area contributed by atoms with Crippen molar-refractivity contribution in [1.29, 1.82) is 0 Å². The van der Waals surface area contributed by atoms with Gasteiger partial charge in [0, 0.05) is 18.7 Å². The fraction of sp³-hybridized carbons (Fsp3) is 0.462. The molecule has 1 unspecified atom stereocenters. The molecule has 1 atom stereocenters. The molecule has 0 saturated heterocycles. The first-order chi connectivity index (χ1) is 9.52. The lowest BCUT2D eigenvalue weighted by Crippen LogP contribution is -2.38. The van der Waals surface area contributed by atoms with Crippen LogP contribution >= 0.6 is 0 Å². The summed E-state index contributed by atoms with van der Waals surface area (Å²) >= 11 is 0. The zero-order valence-corrected chi connectivity index (χ0v) is 11.2. The average Bonchev–Trinajstić information content (AvgIpc) is 3.28. The number of ether oxygens (including phenoxy) is 1. The fourth-order valence-electron chi connectivity index (χ4n) is 1.98. The van der Waals surface area contributed by atoms with Crippen LogP contribution in [0.1, 0.15) is 23.2 Å². The summed E-state index contributed by atoms with van der Waals surface area (Å²) in [7, 11) is 1.44. The molecule has 0 radical (unpaired) electrons. The van der Waals surface area contributed by atoms with E-state index in [0.717, 1.165) is 12.8 Å². The zero-order valence-electron chi connectivity index (χ0n) is 11.2. The third-order valence-electron chi connectivity index (χ3n) is 3.37. The molecule has 0 aromatic heterocycles. The van der Waals surface area contributed by atoms with Gasteiger partial charge in [0.25, 0.3) is 11.6 Å². The molecule has 108 valence electrons. The van der Waals surface area contributed by atoms with E-state index < -0.39 is 10.8 Å². The molecule has 1 saturated carbocycles. The average molecular weight is 279 g/mol. The highest BCUT2D eigenvalue weighted by atomic mass is 16.6.